The quantitative estimate of drug-likeness (QED) is 0.122. The lowest BCUT2D eigenvalue weighted by molar-refractivity contribution is -0.141. The fourth-order valence-electron chi connectivity index (χ4n) is 3.88. The second-order valence-electron chi connectivity index (χ2n) is 8.97. The van der Waals surface area contributed by atoms with Crippen LogP contribution >= 0.6 is 23.5 Å². The van der Waals surface area contributed by atoms with Gasteiger partial charge < -0.3 is 14.9 Å². The van der Waals surface area contributed by atoms with Crippen molar-refractivity contribution in [1.29, 1.82) is 0 Å². The molecular formula is C27H34N4O5S2. The molecule has 0 amide bonds. The molecule has 0 aliphatic heterocycles. The van der Waals surface area contributed by atoms with Crippen molar-refractivity contribution >= 4 is 35.3 Å². The van der Waals surface area contributed by atoms with Gasteiger partial charge in [0.1, 0.15) is 11.5 Å². The second kappa shape index (κ2) is 14.8. The van der Waals surface area contributed by atoms with Gasteiger partial charge in [0.05, 0.1) is 23.8 Å². The molecule has 2 atom stereocenters. The van der Waals surface area contributed by atoms with Gasteiger partial charge in [-0.3, -0.25) is 9.59 Å². The Bertz CT molecular complexity index is 1190. The molecule has 0 saturated heterocycles. The molecule has 11 heteroatoms. The number of carbonyl (C=O) groups excluding carboxylic acids is 1. The number of tetrazole rings is 1. The van der Waals surface area contributed by atoms with Crippen LogP contribution in [0.5, 0.6) is 11.5 Å². The van der Waals surface area contributed by atoms with Crippen LogP contribution in [0.1, 0.15) is 60.9 Å². The number of aromatic nitrogens is 4. The summed E-state index contributed by atoms with van der Waals surface area (Å²) in [5, 5.41) is 33.6. The average molecular weight is 559 g/mol. The van der Waals surface area contributed by atoms with E-state index in [9.17, 15) is 19.8 Å². The number of phenolic OH excluding ortho intramolecular Hbond substituents is 1. The van der Waals surface area contributed by atoms with Gasteiger partial charge in [-0.05, 0) is 66.4 Å². The number of nitrogens with zero attached hydrogens (tertiary/aromatic N) is 3. The number of nitrogens with one attached hydrogen (secondary N) is 1. The highest BCUT2D eigenvalue weighted by Gasteiger charge is 2.25. The lowest BCUT2D eigenvalue weighted by atomic mass is 10.0. The van der Waals surface area contributed by atoms with Crippen molar-refractivity contribution < 1.29 is 24.5 Å². The Balaban J connectivity index is 1.48. The first-order valence-electron chi connectivity index (χ1n) is 12.6. The van der Waals surface area contributed by atoms with Gasteiger partial charge in [-0.15, -0.1) is 28.6 Å². The van der Waals surface area contributed by atoms with E-state index in [2.05, 4.69) is 32.8 Å². The number of carboxylic acids is 1. The van der Waals surface area contributed by atoms with Gasteiger partial charge in [-0.1, -0.05) is 32.4 Å². The number of ether oxygens (including phenoxy) is 1. The van der Waals surface area contributed by atoms with Crippen LogP contribution in [-0.2, 0) is 23.4 Å². The molecule has 3 rings (SSSR count). The summed E-state index contributed by atoms with van der Waals surface area (Å²) in [6, 6.07) is 11.6. The van der Waals surface area contributed by atoms with Crippen LogP contribution in [0.25, 0.3) is 0 Å². The number of phenols is 1. The molecule has 1 aromatic heterocycles. The minimum Gasteiger partial charge on any atom is -0.507 e. The van der Waals surface area contributed by atoms with Gasteiger partial charge in [0.2, 0.25) is 0 Å². The maximum absolute atomic E-state index is 11.7. The Hall–Kier alpha value is -3.05. The molecule has 0 radical (unpaired) electrons. The first-order valence-corrected chi connectivity index (χ1v) is 14.6. The number of hydrogen-bond donors (Lipinski definition) is 3. The topological polar surface area (TPSA) is 138 Å². The number of aromatic amines is 1. The zero-order valence-electron chi connectivity index (χ0n) is 21.8. The van der Waals surface area contributed by atoms with E-state index >= 15 is 0 Å². The van der Waals surface area contributed by atoms with Crippen LogP contribution in [0, 0.1) is 5.92 Å². The van der Waals surface area contributed by atoms with Gasteiger partial charge in [0.25, 0.3) is 0 Å². The summed E-state index contributed by atoms with van der Waals surface area (Å²) >= 11 is 3.26. The number of H-pyrrole nitrogens is 1. The fraction of sp³-hybridized carbons (Fsp3) is 0.444. The van der Waals surface area contributed by atoms with E-state index in [4.69, 9.17) is 4.74 Å². The van der Waals surface area contributed by atoms with E-state index in [1.54, 1.807) is 30.8 Å². The molecule has 0 bridgehead atoms. The standard InChI is InChI=1S/C27H34N4O5S2/c1-4-6-22-23(12-11-21(18(3)32)26(22)33)36-13-5-14-37-20-9-7-19(8-10-20)15-24(17(2)27(34)35)38-16-25-28-30-31-29-25/h7-12,17,24,33H,4-6,13-16H2,1-3H3,(H,34,35)(H,28,29,30,31). The lowest BCUT2D eigenvalue weighted by Gasteiger charge is -2.20. The van der Waals surface area contributed by atoms with Crippen molar-refractivity contribution in [3.8, 4) is 11.5 Å². The Kier molecular flexibility index (Phi) is 11.5. The summed E-state index contributed by atoms with van der Waals surface area (Å²) in [6.45, 7) is 5.71. The van der Waals surface area contributed by atoms with E-state index in [0.29, 0.717) is 47.9 Å². The molecule has 3 aromatic rings. The highest BCUT2D eigenvalue weighted by molar-refractivity contribution is 7.99. The normalized spacial score (nSPS) is 12.7. The lowest BCUT2D eigenvalue weighted by Crippen LogP contribution is -2.25. The molecule has 0 aliphatic carbocycles. The third kappa shape index (κ3) is 8.49. The summed E-state index contributed by atoms with van der Waals surface area (Å²) in [5.74, 6) is 1.17. The number of benzene rings is 2. The van der Waals surface area contributed by atoms with Crippen molar-refractivity contribution in [3.05, 3.63) is 58.9 Å². The third-order valence-corrected chi connectivity index (χ3v) is 8.61. The van der Waals surface area contributed by atoms with E-state index in [0.717, 1.165) is 29.1 Å². The number of aromatic hydroxyl groups is 1. The Morgan fingerprint density at radius 2 is 1.92 bits per heavy atom. The summed E-state index contributed by atoms with van der Waals surface area (Å²) in [4.78, 5) is 24.5. The Morgan fingerprint density at radius 3 is 2.55 bits per heavy atom. The van der Waals surface area contributed by atoms with Crippen molar-refractivity contribution in [2.75, 3.05) is 12.4 Å². The first-order chi connectivity index (χ1) is 18.3. The number of rotatable bonds is 16. The van der Waals surface area contributed by atoms with Crippen LogP contribution in [-0.4, -0.2) is 60.2 Å². The minimum atomic E-state index is -0.820. The van der Waals surface area contributed by atoms with Crippen LogP contribution < -0.4 is 4.74 Å². The molecule has 0 saturated carbocycles. The summed E-state index contributed by atoms with van der Waals surface area (Å²) in [7, 11) is 0. The van der Waals surface area contributed by atoms with E-state index in [1.165, 1.54) is 18.7 Å². The molecule has 0 spiro atoms. The molecule has 2 aromatic carbocycles. The fourth-order valence-corrected chi connectivity index (χ4v) is 5.91. The largest absolute Gasteiger partial charge is 0.507 e. The van der Waals surface area contributed by atoms with Crippen molar-refractivity contribution in [2.24, 2.45) is 5.92 Å². The molecule has 0 fully saturated rings. The highest BCUT2D eigenvalue weighted by atomic mass is 32.2. The van der Waals surface area contributed by atoms with Crippen LogP contribution in [0.4, 0.5) is 0 Å². The van der Waals surface area contributed by atoms with E-state index in [-0.39, 0.29) is 16.8 Å². The molecule has 3 N–H and O–H groups in total. The number of aliphatic carboxylic acids is 1. The predicted molar refractivity (Wildman–Crippen MR) is 149 cm³/mol. The highest BCUT2D eigenvalue weighted by Crippen LogP contribution is 2.33. The van der Waals surface area contributed by atoms with Crippen molar-refractivity contribution in [3.63, 3.8) is 0 Å². The number of Topliss-reactive ketones (excluding diaryl/α,β-unsaturated/α-hetero) is 1. The van der Waals surface area contributed by atoms with Crippen molar-refractivity contribution in [2.45, 2.75) is 62.4 Å². The molecule has 0 aliphatic rings. The van der Waals surface area contributed by atoms with Gasteiger partial charge in [0, 0.05) is 21.5 Å². The number of ketones is 1. The Labute approximate surface area is 231 Å². The van der Waals surface area contributed by atoms with Gasteiger partial charge in [0.15, 0.2) is 11.6 Å². The smallest absolute Gasteiger partial charge is 0.307 e. The van der Waals surface area contributed by atoms with Crippen LogP contribution in [0.15, 0.2) is 41.3 Å². The van der Waals surface area contributed by atoms with Gasteiger partial charge in [-0.2, -0.15) is 0 Å². The zero-order chi connectivity index (χ0) is 27.5. The van der Waals surface area contributed by atoms with E-state index < -0.39 is 11.9 Å². The van der Waals surface area contributed by atoms with Crippen LogP contribution in [0.2, 0.25) is 0 Å². The first kappa shape index (κ1) is 29.5. The SMILES string of the molecule is CCCc1c(OCCCSc2ccc(CC(SCc3nnn[nH]3)C(C)C(=O)O)cc2)ccc(C(C)=O)c1O. The number of carbonyl (C=O) groups is 2. The number of thioether (sulfide) groups is 2. The monoisotopic (exact) mass is 558 g/mol. The number of hydrogen-bond acceptors (Lipinski definition) is 9. The van der Waals surface area contributed by atoms with Crippen LogP contribution in [0.3, 0.4) is 0 Å². The molecule has 2 unspecified atom stereocenters. The number of carboxylic acid groups (broad SMARTS) is 1. The van der Waals surface area contributed by atoms with E-state index in [1.807, 2.05) is 19.1 Å². The average Bonchev–Trinajstić information content (AvgIpc) is 3.42. The van der Waals surface area contributed by atoms with Gasteiger partial charge >= 0.3 is 5.97 Å². The third-order valence-electron chi connectivity index (χ3n) is 6.06. The predicted octanol–water partition coefficient (Wildman–Crippen LogP) is 5.19. The van der Waals surface area contributed by atoms with Crippen molar-refractivity contribution in [1.82, 2.24) is 20.6 Å². The molecule has 38 heavy (non-hydrogen) atoms. The minimum absolute atomic E-state index is 0.0275. The maximum atomic E-state index is 11.7. The summed E-state index contributed by atoms with van der Waals surface area (Å²) in [5.41, 5.74) is 2.10. The summed E-state index contributed by atoms with van der Waals surface area (Å²) in [6.07, 6.45) is 2.93. The molecule has 9 nitrogen and oxygen atoms in total. The molecule has 204 valence electrons. The second-order valence-corrected chi connectivity index (χ2v) is 11.4. The summed E-state index contributed by atoms with van der Waals surface area (Å²) < 4.78 is 5.95. The molecular weight excluding hydrogens is 524 g/mol. The zero-order valence-corrected chi connectivity index (χ0v) is 23.5. The molecule has 1 heterocycles. The van der Waals surface area contributed by atoms with Gasteiger partial charge in [-0.25, -0.2) is 5.10 Å². The Morgan fingerprint density at radius 1 is 1.16 bits per heavy atom. The maximum Gasteiger partial charge on any atom is 0.307 e.